The normalized spacial score (nSPS) is 10.7. The zero-order valence-electron chi connectivity index (χ0n) is 11.8. The van der Waals surface area contributed by atoms with Crippen LogP contribution in [0.2, 0.25) is 0 Å². The van der Waals surface area contributed by atoms with E-state index in [9.17, 15) is 0 Å². The second kappa shape index (κ2) is 6.38. The van der Waals surface area contributed by atoms with Gasteiger partial charge in [0.2, 0.25) is 0 Å². The van der Waals surface area contributed by atoms with Crippen LogP contribution in [0.15, 0.2) is 30.5 Å². The summed E-state index contributed by atoms with van der Waals surface area (Å²) >= 11 is 0. The molecule has 102 valence electrons. The molecule has 0 radical (unpaired) electrons. The summed E-state index contributed by atoms with van der Waals surface area (Å²) in [6, 6.07) is 8.00. The van der Waals surface area contributed by atoms with Crippen LogP contribution in [0.5, 0.6) is 5.75 Å². The number of benzene rings is 1. The summed E-state index contributed by atoms with van der Waals surface area (Å²) in [5.74, 6) is 0.878. The number of aryl methyl sites for hydroxylation is 1. The van der Waals surface area contributed by atoms with Crippen molar-refractivity contribution in [3.63, 3.8) is 0 Å². The van der Waals surface area contributed by atoms with Crippen molar-refractivity contribution in [2.24, 2.45) is 0 Å². The van der Waals surface area contributed by atoms with Crippen LogP contribution in [-0.2, 0) is 6.54 Å². The molecule has 0 saturated carbocycles. The molecule has 0 aliphatic heterocycles. The van der Waals surface area contributed by atoms with Gasteiger partial charge >= 0.3 is 0 Å². The van der Waals surface area contributed by atoms with Gasteiger partial charge in [0.05, 0.1) is 12.3 Å². The van der Waals surface area contributed by atoms with E-state index in [-0.39, 0.29) is 0 Å². The maximum Gasteiger partial charge on any atom is 0.144 e. The van der Waals surface area contributed by atoms with Gasteiger partial charge in [-0.3, -0.25) is 0 Å². The Kier molecular flexibility index (Phi) is 4.58. The van der Waals surface area contributed by atoms with Crippen LogP contribution in [0.25, 0.3) is 5.69 Å². The van der Waals surface area contributed by atoms with E-state index in [1.807, 2.05) is 42.9 Å². The highest BCUT2D eigenvalue weighted by Gasteiger charge is 2.09. The van der Waals surface area contributed by atoms with E-state index in [2.05, 4.69) is 23.5 Å². The van der Waals surface area contributed by atoms with Gasteiger partial charge in [-0.2, -0.15) is 5.10 Å². The van der Waals surface area contributed by atoms with Crippen LogP contribution >= 0.6 is 0 Å². The van der Waals surface area contributed by atoms with Crippen LogP contribution in [-0.4, -0.2) is 23.4 Å². The Morgan fingerprint density at radius 3 is 2.84 bits per heavy atom. The van der Waals surface area contributed by atoms with E-state index < -0.39 is 0 Å². The molecule has 1 aromatic heterocycles. The monoisotopic (exact) mass is 259 g/mol. The van der Waals surface area contributed by atoms with Crippen molar-refractivity contribution in [2.75, 3.05) is 13.7 Å². The van der Waals surface area contributed by atoms with E-state index in [0.717, 1.165) is 36.7 Å². The van der Waals surface area contributed by atoms with Gasteiger partial charge < -0.3 is 10.1 Å². The predicted octanol–water partition coefficient (Wildman–Crippen LogP) is 2.69. The molecule has 0 spiro atoms. The highest BCUT2D eigenvalue weighted by molar-refractivity contribution is 5.46. The molecule has 1 aromatic carbocycles. The molecule has 4 heteroatoms. The van der Waals surface area contributed by atoms with Crippen molar-refractivity contribution < 1.29 is 4.74 Å². The number of rotatable bonds is 6. The Hall–Kier alpha value is -1.81. The minimum Gasteiger partial charge on any atom is -0.491 e. The zero-order valence-corrected chi connectivity index (χ0v) is 11.8. The first kappa shape index (κ1) is 13.6. The summed E-state index contributed by atoms with van der Waals surface area (Å²) in [6.45, 7) is 5.68. The standard InChI is InChI=1S/C15H21N3O/c1-4-9-19-15-8-6-5-7-14(15)18-11-13(10-16-3)12(2)17-18/h5-8,11,16H,4,9-10H2,1-3H3. The number of aromatic nitrogens is 2. The van der Waals surface area contributed by atoms with Crippen molar-refractivity contribution in [3.05, 3.63) is 41.7 Å². The SMILES string of the molecule is CCCOc1ccccc1-n1cc(CNC)c(C)n1. The highest BCUT2D eigenvalue weighted by atomic mass is 16.5. The second-order valence-corrected chi connectivity index (χ2v) is 4.53. The van der Waals surface area contributed by atoms with E-state index in [1.54, 1.807) is 0 Å². The Labute approximate surface area is 114 Å². The first-order chi connectivity index (χ1) is 9.26. The van der Waals surface area contributed by atoms with Crippen LogP contribution in [0.3, 0.4) is 0 Å². The summed E-state index contributed by atoms with van der Waals surface area (Å²) in [7, 11) is 1.94. The zero-order chi connectivity index (χ0) is 13.7. The summed E-state index contributed by atoms with van der Waals surface area (Å²) in [5.41, 5.74) is 3.23. The van der Waals surface area contributed by atoms with Gasteiger partial charge in [0.15, 0.2) is 0 Å². The van der Waals surface area contributed by atoms with E-state index in [4.69, 9.17) is 4.74 Å². The molecule has 0 fully saturated rings. The maximum absolute atomic E-state index is 5.77. The first-order valence-corrected chi connectivity index (χ1v) is 6.68. The number of para-hydroxylation sites is 2. The van der Waals surface area contributed by atoms with Crippen molar-refractivity contribution in [2.45, 2.75) is 26.8 Å². The number of nitrogens with zero attached hydrogens (tertiary/aromatic N) is 2. The minimum absolute atomic E-state index is 0.723. The molecule has 0 unspecified atom stereocenters. The minimum atomic E-state index is 0.723. The number of hydrogen-bond donors (Lipinski definition) is 1. The number of hydrogen-bond acceptors (Lipinski definition) is 3. The van der Waals surface area contributed by atoms with E-state index in [1.165, 1.54) is 5.56 Å². The Bertz CT molecular complexity index is 534. The van der Waals surface area contributed by atoms with Gasteiger partial charge in [0, 0.05) is 18.3 Å². The fourth-order valence-corrected chi connectivity index (χ4v) is 1.96. The second-order valence-electron chi connectivity index (χ2n) is 4.53. The molecular formula is C15H21N3O. The molecule has 1 heterocycles. The molecule has 2 aromatic rings. The molecule has 1 N–H and O–H groups in total. The lowest BCUT2D eigenvalue weighted by molar-refractivity contribution is 0.316. The fourth-order valence-electron chi connectivity index (χ4n) is 1.96. The Morgan fingerprint density at radius 1 is 1.32 bits per heavy atom. The van der Waals surface area contributed by atoms with E-state index >= 15 is 0 Å². The number of ether oxygens (including phenoxy) is 1. The average molecular weight is 259 g/mol. The number of nitrogens with one attached hydrogen (secondary N) is 1. The Morgan fingerprint density at radius 2 is 2.11 bits per heavy atom. The van der Waals surface area contributed by atoms with Crippen molar-refractivity contribution >= 4 is 0 Å². The molecular weight excluding hydrogens is 238 g/mol. The molecule has 0 atom stereocenters. The molecule has 19 heavy (non-hydrogen) atoms. The third kappa shape index (κ3) is 3.15. The molecule has 0 aliphatic rings. The fraction of sp³-hybridized carbons (Fsp3) is 0.400. The molecule has 0 saturated heterocycles. The highest BCUT2D eigenvalue weighted by Crippen LogP contribution is 2.23. The lowest BCUT2D eigenvalue weighted by Crippen LogP contribution is -2.05. The largest absolute Gasteiger partial charge is 0.491 e. The Balaban J connectivity index is 2.32. The van der Waals surface area contributed by atoms with Crippen LogP contribution in [0, 0.1) is 6.92 Å². The molecule has 0 amide bonds. The molecule has 4 nitrogen and oxygen atoms in total. The van der Waals surface area contributed by atoms with E-state index in [0.29, 0.717) is 0 Å². The van der Waals surface area contributed by atoms with Crippen molar-refractivity contribution in [1.29, 1.82) is 0 Å². The van der Waals surface area contributed by atoms with Crippen LogP contribution in [0.4, 0.5) is 0 Å². The van der Waals surface area contributed by atoms with Gasteiger partial charge in [-0.05, 0) is 32.5 Å². The third-order valence-corrected chi connectivity index (χ3v) is 2.94. The topological polar surface area (TPSA) is 39.1 Å². The summed E-state index contributed by atoms with van der Waals surface area (Å²) in [5, 5.41) is 7.72. The van der Waals surface area contributed by atoms with Crippen molar-refractivity contribution in [3.8, 4) is 11.4 Å². The molecule has 2 rings (SSSR count). The summed E-state index contributed by atoms with van der Waals surface area (Å²) in [4.78, 5) is 0. The average Bonchev–Trinajstić information content (AvgIpc) is 2.79. The van der Waals surface area contributed by atoms with Gasteiger partial charge in [0.25, 0.3) is 0 Å². The van der Waals surface area contributed by atoms with Gasteiger partial charge in [-0.15, -0.1) is 0 Å². The smallest absolute Gasteiger partial charge is 0.144 e. The quantitative estimate of drug-likeness (QED) is 0.867. The third-order valence-electron chi connectivity index (χ3n) is 2.94. The maximum atomic E-state index is 5.77. The molecule has 0 bridgehead atoms. The van der Waals surface area contributed by atoms with Gasteiger partial charge in [-0.1, -0.05) is 19.1 Å². The van der Waals surface area contributed by atoms with Gasteiger partial charge in [0.1, 0.15) is 11.4 Å². The van der Waals surface area contributed by atoms with Crippen molar-refractivity contribution in [1.82, 2.24) is 15.1 Å². The lowest BCUT2D eigenvalue weighted by Gasteiger charge is -2.10. The molecule has 0 aliphatic carbocycles. The predicted molar refractivity (Wildman–Crippen MR) is 76.9 cm³/mol. The lowest BCUT2D eigenvalue weighted by atomic mass is 10.2. The van der Waals surface area contributed by atoms with Crippen LogP contribution < -0.4 is 10.1 Å². The summed E-state index contributed by atoms with van der Waals surface area (Å²) in [6.07, 6.45) is 3.05. The summed E-state index contributed by atoms with van der Waals surface area (Å²) < 4.78 is 7.67. The van der Waals surface area contributed by atoms with Gasteiger partial charge in [-0.25, -0.2) is 4.68 Å². The first-order valence-electron chi connectivity index (χ1n) is 6.68. The van der Waals surface area contributed by atoms with Crippen LogP contribution in [0.1, 0.15) is 24.6 Å².